The second-order valence-electron chi connectivity index (χ2n) is 5.88. The normalized spacial score (nSPS) is 11.6. The first kappa shape index (κ1) is 19.0. The summed E-state index contributed by atoms with van der Waals surface area (Å²) in [7, 11) is 1.63. The Labute approximate surface area is 162 Å². The van der Waals surface area contributed by atoms with Gasteiger partial charge in [-0.3, -0.25) is 4.79 Å². The highest BCUT2D eigenvalue weighted by Gasteiger charge is 2.11. The van der Waals surface area contributed by atoms with Crippen LogP contribution in [-0.4, -0.2) is 34.0 Å². The van der Waals surface area contributed by atoms with E-state index in [1.807, 2.05) is 55.5 Å². The van der Waals surface area contributed by atoms with Crippen molar-refractivity contribution < 1.29 is 9.53 Å². The number of hydrazone groups is 1. The Morgan fingerprint density at radius 2 is 1.96 bits per heavy atom. The standard InChI is InChI=1S/C20H22N4O2S/c1-4-24-18-8-6-5-7-17(18)21-20(24)27-13-19(25)23-22-14(2)15-9-11-16(26-3)12-10-15/h5-12H,4,13H2,1-3H3,(H,23,25). The van der Waals surface area contributed by atoms with E-state index in [0.29, 0.717) is 0 Å². The van der Waals surface area contributed by atoms with Crippen molar-refractivity contribution in [3.63, 3.8) is 0 Å². The van der Waals surface area contributed by atoms with Gasteiger partial charge < -0.3 is 9.30 Å². The molecule has 0 aliphatic rings. The van der Waals surface area contributed by atoms with E-state index in [4.69, 9.17) is 4.74 Å². The van der Waals surface area contributed by atoms with Crippen LogP contribution in [0.2, 0.25) is 0 Å². The maximum Gasteiger partial charge on any atom is 0.250 e. The zero-order valence-corrected chi connectivity index (χ0v) is 16.4. The Bertz CT molecular complexity index is 964. The number of hydrogen-bond acceptors (Lipinski definition) is 5. The van der Waals surface area contributed by atoms with E-state index in [2.05, 4.69) is 27.0 Å². The van der Waals surface area contributed by atoms with Crippen LogP contribution >= 0.6 is 11.8 Å². The molecule has 1 heterocycles. The fraction of sp³-hybridized carbons (Fsp3) is 0.250. The van der Waals surface area contributed by atoms with Gasteiger partial charge in [-0.25, -0.2) is 10.4 Å². The lowest BCUT2D eigenvalue weighted by Gasteiger charge is -2.06. The number of methoxy groups -OCH3 is 1. The zero-order valence-electron chi connectivity index (χ0n) is 15.6. The SMILES string of the molecule is CCn1c(SCC(=O)NN=C(C)c2ccc(OC)cc2)nc2ccccc21. The monoisotopic (exact) mass is 382 g/mol. The van der Waals surface area contributed by atoms with Crippen molar-refractivity contribution in [2.75, 3.05) is 12.9 Å². The van der Waals surface area contributed by atoms with Crippen LogP contribution in [0.15, 0.2) is 58.8 Å². The predicted octanol–water partition coefficient (Wildman–Crippen LogP) is 3.70. The molecule has 3 rings (SSSR count). The minimum absolute atomic E-state index is 0.164. The third kappa shape index (κ3) is 4.49. The number of para-hydroxylation sites is 2. The summed E-state index contributed by atoms with van der Waals surface area (Å²) in [5.41, 5.74) is 6.29. The van der Waals surface area contributed by atoms with Crippen LogP contribution in [-0.2, 0) is 11.3 Å². The fourth-order valence-corrected chi connectivity index (χ4v) is 3.55. The van der Waals surface area contributed by atoms with Crippen molar-refractivity contribution in [2.24, 2.45) is 5.10 Å². The molecule has 7 heteroatoms. The van der Waals surface area contributed by atoms with E-state index in [1.54, 1.807) is 7.11 Å². The Hall–Kier alpha value is -2.80. The minimum atomic E-state index is -0.164. The number of imidazole rings is 1. The maximum absolute atomic E-state index is 12.2. The Morgan fingerprint density at radius 1 is 1.22 bits per heavy atom. The number of thioether (sulfide) groups is 1. The summed E-state index contributed by atoms with van der Waals surface area (Å²) >= 11 is 1.41. The molecule has 0 unspecified atom stereocenters. The minimum Gasteiger partial charge on any atom is -0.497 e. The summed E-state index contributed by atoms with van der Waals surface area (Å²) in [6, 6.07) is 15.5. The van der Waals surface area contributed by atoms with Crippen molar-refractivity contribution >= 4 is 34.4 Å². The van der Waals surface area contributed by atoms with Crippen LogP contribution in [0.5, 0.6) is 5.75 Å². The van der Waals surface area contributed by atoms with Crippen LogP contribution in [0.1, 0.15) is 19.4 Å². The number of nitrogens with zero attached hydrogens (tertiary/aromatic N) is 3. The number of nitrogens with one attached hydrogen (secondary N) is 1. The van der Waals surface area contributed by atoms with Gasteiger partial charge in [-0.05, 0) is 55.8 Å². The highest BCUT2D eigenvalue weighted by molar-refractivity contribution is 7.99. The van der Waals surface area contributed by atoms with Crippen molar-refractivity contribution in [3.8, 4) is 5.75 Å². The van der Waals surface area contributed by atoms with E-state index in [0.717, 1.165) is 39.8 Å². The first-order valence-electron chi connectivity index (χ1n) is 8.68. The summed E-state index contributed by atoms with van der Waals surface area (Å²) in [6.45, 7) is 4.73. The third-order valence-electron chi connectivity index (χ3n) is 4.12. The van der Waals surface area contributed by atoms with Gasteiger partial charge >= 0.3 is 0 Å². The van der Waals surface area contributed by atoms with Gasteiger partial charge in [0.1, 0.15) is 5.75 Å². The maximum atomic E-state index is 12.2. The fourth-order valence-electron chi connectivity index (χ4n) is 2.67. The molecule has 0 fully saturated rings. The van der Waals surface area contributed by atoms with Crippen LogP contribution in [0.3, 0.4) is 0 Å². The topological polar surface area (TPSA) is 68.5 Å². The second-order valence-corrected chi connectivity index (χ2v) is 6.82. The first-order valence-corrected chi connectivity index (χ1v) is 9.66. The third-order valence-corrected chi connectivity index (χ3v) is 5.10. The molecule has 1 aromatic heterocycles. The van der Waals surface area contributed by atoms with Crippen molar-refractivity contribution in [1.82, 2.24) is 15.0 Å². The second kappa shape index (κ2) is 8.73. The zero-order chi connectivity index (χ0) is 19.2. The highest BCUT2D eigenvalue weighted by atomic mass is 32.2. The van der Waals surface area contributed by atoms with Crippen molar-refractivity contribution in [2.45, 2.75) is 25.5 Å². The van der Waals surface area contributed by atoms with Gasteiger partial charge in [0, 0.05) is 6.54 Å². The Kier molecular flexibility index (Phi) is 6.13. The van der Waals surface area contributed by atoms with E-state index < -0.39 is 0 Å². The number of hydrogen-bond donors (Lipinski definition) is 1. The van der Waals surface area contributed by atoms with E-state index in [1.165, 1.54) is 11.8 Å². The molecular formula is C20H22N4O2S. The molecular weight excluding hydrogens is 360 g/mol. The molecule has 3 aromatic rings. The number of carbonyl (C=O) groups is 1. The van der Waals surface area contributed by atoms with Gasteiger partial charge in [0.25, 0.3) is 5.91 Å². The molecule has 0 aliphatic heterocycles. The molecule has 0 atom stereocenters. The van der Waals surface area contributed by atoms with Crippen LogP contribution in [0, 0.1) is 0 Å². The molecule has 0 radical (unpaired) electrons. The average molecular weight is 382 g/mol. The molecule has 6 nitrogen and oxygen atoms in total. The summed E-state index contributed by atoms with van der Waals surface area (Å²) in [6.07, 6.45) is 0. The number of aromatic nitrogens is 2. The summed E-state index contributed by atoms with van der Waals surface area (Å²) in [4.78, 5) is 16.8. The molecule has 0 bridgehead atoms. The number of ether oxygens (including phenoxy) is 1. The van der Waals surface area contributed by atoms with Gasteiger partial charge in [-0.1, -0.05) is 23.9 Å². The number of amides is 1. The molecule has 27 heavy (non-hydrogen) atoms. The molecule has 0 saturated heterocycles. The Balaban J connectivity index is 1.61. The molecule has 0 saturated carbocycles. The lowest BCUT2D eigenvalue weighted by molar-refractivity contribution is -0.118. The van der Waals surface area contributed by atoms with E-state index in [-0.39, 0.29) is 11.7 Å². The predicted molar refractivity (Wildman–Crippen MR) is 109 cm³/mol. The molecule has 140 valence electrons. The molecule has 1 N–H and O–H groups in total. The number of aryl methyl sites for hydroxylation is 1. The molecule has 1 amide bonds. The van der Waals surface area contributed by atoms with Gasteiger partial charge in [0.05, 0.1) is 29.6 Å². The van der Waals surface area contributed by atoms with Gasteiger partial charge in [0.15, 0.2) is 5.16 Å². The number of benzene rings is 2. The molecule has 0 aliphatic carbocycles. The van der Waals surface area contributed by atoms with E-state index in [9.17, 15) is 4.79 Å². The van der Waals surface area contributed by atoms with Gasteiger partial charge in [-0.2, -0.15) is 5.10 Å². The summed E-state index contributed by atoms with van der Waals surface area (Å²) < 4.78 is 7.25. The van der Waals surface area contributed by atoms with Crippen molar-refractivity contribution in [3.05, 3.63) is 54.1 Å². The number of rotatable bonds is 7. The quantitative estimate of drug-likeness (QED) is 0.384. The smallest absolute Gasteiger partial charge is 0.250 e. The van der Waals surface area contributed by atoms with E-state index >= 15 is 0 Å². The summed E-state index contributed by atoms with van der Waals surface area (Å²) in [5.74, 6) is 0.872. The van der Waals surface area contributed by atoms with Crippen LogP contribution in [0.4, 0.5) is 0 Å². The lowest BCUT2D eigenvalue weighted by atomic mass is 10.1. The highest BCUT2D eigenvalue weighted by Crippen LogP contribution is 2.23. The largest absolute Gasteiger partial charge is 0.497 e. The summed E-state index contributed by atoms with van der Waals surface area (Å²) in [5, 5.41) is 5.02. The first-order chi connectivity index (χ1) is 13.1. The van der Waals surface area contributed by atoms with Gasteiger partial charge in [-0.15, -0.1) is 0 Å². The van der Waals surface area contributed by atoms with Crippen molar-refractivity contribution in [1.29, 1.82) is 0 Å². The molecule has 2 aromatic carbocycles. The lowest BCUT2D eigenvalue weighted by Crippen LogP contribution is -2.21. The Morgan fingerprint density at radius 3 is 2.67 bits per heavy atom. The average Bonchev–Trinajstić information content (AvgIpc) is 3.08. The molecule has 0 spiro atoms. The number of carbonyl (C=O) groups excluding carboxylic acids is 1. The van der Waals surface area contributed by atoms with Crippen LogP contribution < -0.4 is 10.2 Å². The number of fused-ring (bicyclic) bond motifs is 1. The van der Waals surface area contributed by atoms with Gasteiger partial charge in [0.2, 0.25) is 0 Å². The van der Waals surface area contributed by atoms with Crippen LogP contribution in [0.25, 0.3) is 11.0 Å².